The second kappa shape index (κ2) is 3.32. The van der Waals surface area contributed by atoms with E-state index >= 15 is 0 Å². The van der Waals surface area contributed by atoms with Crippen LogP contribution in [0, 0.1) is 5.41 Å². The van der Waals surface area contributed by atoms with Gasteiger partial charge in [-0.15, -0.1) is 0 Å². The highest BCUT2D eigenvalue weighted by Gasteiger charge is 2.16. The van der Waals surface area contributed by atoms with Crippen molar-refractivity contribution >= 4 is 45.9 Å². The normalized spacial score (nSPS) is 21.7. The van der Waals surface area contributed by atoms with Crippen molar-refractivity contribution in [1.82, 2.24) is 0 Å². The van der Waals surface area contributed by atoms with Gasteiger partial charge in [0.05, 0.1) is 10.2 Å². The number of halogens is 1. The van der Waals surface area contributed by atoms with Crippen molar-refractivity contribution in [2.45, 2.75) is 6.92 Å². The molecule has 0 fully saturated rings. The van der Waals surface area contributed by atoms with E-state index in [4.69, 9.17) is 5.41 Å². The lowest BCUT2D eigenvalue weighted by atomic mass is 10.1. The fraction of sp³-hybridized carbons (Fsp3) is 0.167. The fourth-order valence-electron chi connectivity index (χ4n) is 0.668. The molecule has 1 aliphatic heterocycles. The Hall–Kier alpha value is -0.420. The van der Waals surface area contributed by atoms with Gasteiger partial charge in [0.2, 0.25) is 0 Å². The van der Waals surface area contributed by atoms with Gasteiger partial charge in [-0.05, 0) is 35.7 Å². The van der Waals surface area contributed by atoms with Gasteiger partial charge in [0.1, 0.15) is 11.4 Å². The molecule has 1 N–H and O–H groups in total. The van der Waals surface area contributed by atoms with Gasteiger partial charge in [0.15, 0.2) is 0 Å². The van der Waals surface area contributed by atoms with Gasteiger partial charge in [-0.25, -0.2) is 4.40 Å². The van der Waals surface area contributed by atoms with Gasteiger partial charge < -0.3 is 0 Å². The summed E-state index contributed by atoms with van der Waals surface area (Å²) in [4.78, 5) is 3.96. The number of rotatable bonds is 0. The number of thiol groups is 1. The molecule has 0 saturated carbocycles. The first kappa shape index (κ1) is 8.67. The zero-order chi connectivity index (χ0) is 8.43. The summed E-state index contributed by atoms with van der Waals surface area (Å²) in [6.45, 7) is 1.76. The summed E-state index contributed by atoms with van der Waals surface area (Å²) in [6.07, 6.45) is 1.61. The molecule has 0 unspecified atom stereocenters. The third-order valence-corrected chi connectivity index (χ3v) is 2.08. The van der Waals surface area contributed by atoms with Gasteiger partial charge in [0.25, 0.3) is 0 Å². The molecule has 0 aliphatic carbocycles. The minimum Gasteiger partial charge on any atom is -0.297 e. The Morgan fingerprint density at radius 2 is 2.36 bits per heavy atom. The van der Waals surface area contributed by atoms with E-state index in [2.05, 4.69) is 38.1 Å². The molecule has 1 aliphatic rings. The molecule has 0 atom stereocenters. The van der Waals surface area contributed by atoms with Gasteiger partial charge >= 0.3 is 0 Å². The third-order valence-electron chi connectivity index (χ3n) is 1.30. The van der Waals surface area contributed by atoms with E-state index < -0.39 is 0 Å². The van der Waals surface area contributed by atoms with Crippen LogP contribution >= 0.6 is 28.7 Å². The van der Waals surface area contributed by atoms with Crippen molar-refractivity contribution in [2.24, 2.45) is 9.39 Å². The number of allylic oxidation sites excluding steroid dienone is 1. The summed E-state index contributed by atoms with van der Waals surface area (Å²) in [5, 5.41) is 7.50. The van der Waals surface area contributed by atoms with E-state index in [0.29, 0.717) is 21.6 Å². The summed E-state index contributed by atoms with van der Waals surface area (Å²) >= 11 is 6.96. The topological polar surface area (TPSA) is 48.6 Å². The van der Waals surface area contributed by atoms with Crippen molar-refractivity contribution < 1.29 is 0 Å². The first-order valence-electron chi connectivity index (χ1n) is 2.88. The van der Waals surface area contributed by atoms with E-state index in [0.717, 1.165) is 0 Å². The summed E-state index contributed by atoms with van der Waals surface area (Å²) in [7, 11) is 0. The Balaban J connectivity index is 3.13. The van der Waals surface area contributed by atoms with E-state index in [-0.39, 0.29) is 0 Å². The molecule has 11 heavy (non-hydrogen) atoms. The minimum atomic E-state index is 0.314. The summed E-state index contributed by atoms with van der Waals surface area (Å²) in [6, 6.07) is 0. The van der Waals surface area contributed by atoms with E-state index in [9.17, 15) is 0 Å². The van der Waals surface area contributed by atoms with Gasteiger partial charge in [0, 0.05) is 6.20 Å². The van der Waals surface area contributed by atoms with Crippen LogP contribution in [-0.2, 0) is 0 Å². The maximum absolute atomic E-state index is 7.50. The zero-order valence-corrected chi connectivity index (χ0v) is 8.28. The highest BCUT2D eigenvalue weighted by molar-refractivity contribution is 9.12. The molecule has 1 rings (SSSR count). The number of aliphatic imine (C=N–C) groups is 1. The Labute approximate surface area is 78.5 Å². The number of nitrogens with one attached hydrogen (secondary N) is 1. The average molecular weight is 232 g/mol. The maximum Gasteiger partial charge on any atom is 0.113 e. The Morgan fingerprint density at radius 1 is 1.73 bits per heavy atom. The first-order chi connectivity index (χ1) is 5.16. The molecule has 3 nitrogen and oxygen atoms in total. The number of hydrogen-bond donors (Lipinski definition) is 2. The van der Waals surface area contributed by atoms with Crippen LogP contribution in [0.4, 0.5) is 0 Å². The predicted octanol–water partition coefficient (Wildman–Crippen LogP) is 2.00. The quantitative estimate of drug-likeness (QED) is 0.600. The Kier molecular flexibility index (Phi) is 2.62. The average Bonchev–Trinajstić information content (AvgIpc) is 1.99. The van der Waals surface area contributed by atoms with E-state index in [1.807, 2.05) is 0 Å². The Bertz CT molecular complexity index is 286. The molecule has 1 heterocycles. The molecule has 0 aromatic heterocycles. The second-order valence-electron chi connectivity index (χ2n) is 2.02. The van der Waals surface area contributed by atoms with Gasteiger partial charge in [-0.3, -0.25) is 10.4 Å². The highest BCUT2D eigenvalue weighted by Crippen LogP contribution is 2.14. The van der Waals surface area contributed by atoms with Gasteiger partial charge in [-0.1, -0.05) is 0 Å². The van der Waals surface area contributed by atoms with Crippen LogP contribution in [0.3, 0.4) is 0 Å². The maximum atomic E-state index is 7.50. The molecular weight excluding hydrogens is 226 g/mol. The zero-order valence-electron chi connectivity index (χ0n) is 5.80. The lowest BCUT2D eigenvalue weighted by Crippen LogP contribution is -2.23. The molecule has 0 aromatic rings. The summed E-state index contributed by atoms with van der Waals surface area (Å²) < 4.78 is 4.35. The predicted molar refractivity (Wildman–Crippen MR) is 54.3 cm³/mol. The SMILES string of the molecule is CC1=NC=C(Br)/C(=N/S)C1=N. The second-order valence-corrected chi connectivity index (χ2v) is 3.07. The first-order valence-corrected chi connectivity index (χ1v) is 4.08. The van der Waals surface area contributed by atoms with Crippen LogP contribution in [0.1, 0.15) is 6.92 Å². The third kappa shape index (κ3) is 1.59. The molecule has 0 radical (unpaired) electrons. The molecule has 58 valence electrons. The van der Waals surface area contributed by atoms with Crippen LogP contribution in [0.5, 0.6) is 0 Å². The lowest BCUT2D eigenvalue weighted by molar-refractivity contribution is 1.48. The van der Waals surface area contributed by atoms with Crippen molar-refractivity contribution in [2.75, 3.05) is 0 Å². The monoisotopic (exact) mass is 231 g/mol. The highest BCUT2D eigenvalue weighted by atomic mass is 79.9. The van der Waals surface area contributed by atoms with Crippen molar-refractivity contribution in [1.29, 1.82) is 5.41 Å². The molecule has 0 bridgehead atoms. The van der Waals surface area contributed by atoms with Crippen LogP contribution in [0.15, 0.2) is 20.1 Å². The fourth-order valence-corrected chi connectivity index (χ4v) is 1.40. The van der Waals surface area contributed by atoms with Crippen LogP contribution in [-0.4, -0.2) is 17.1 Å². The smallest absolute Gasteiger partial charge is 0.113 e. The van der Waals surface area contributed by atoms with Crippen LogP contribution in [0.2, 0.25) is 0 Å². The van der Waals surface area contributed by atoms with E-state index in [1.54, 1.807) is 13.1 Å². The molecule has 0 amide bonds. The lowest BCUT2D eigenvalue weighted by Gasteiger charge is -2.08. The van der Waals surface area contributed by atoms with Crippen LogP contribution in [0.25, 0.3) is 0 Å². The molecular formula is C6H6BrN3S. The Morgan fingerprint density at radius 3 is 2.82 bits per heavy atom. The molecule has 5 heteroatoms. The standard InChI is InChI=1S/C6H6BrN3S/c1-3-5(8)6(10-11)4(7)2-9-3/h2,8,11H,1H3/b8-5?,10-6-. The molecule has 0 saturated heterocycles. The molecule has 0 aromatic carbocycles. The van der Waals surface area contributed by atoms with Crippen molar-refractivity contribution in [3.05, 3.63) is 10.7 Å². The van der Waals surface area contributed by atoms with Crippen molar-refractivity contribution in [3.8, 4) is 0 Å². The number of hydrogen-bond acceptors (Lipinski definition) is 4. The van der Waals surface area contributed by atoms with Crippen LogP contribution < -0.4 is 0 Å². The van der Waals surface area contributed by atoms with Crippen molar-refractivity contribution in [3.63, 3.8) is 0 Å². The van der Waals surface area contributed by atoms with E-state index in [1.165, 1.54) is 0 Å². The summed E-state index contributed by atoms with van der Waals surface area (Å²) in [5.41, 5.74) is 1.50. The van der Waals surface area contributed by atoms with Gasteiger partial charge in [-0.2, -0.15) is 0 Å². The number of nitrogens with zero attached hydrogens (tertiary/aromatic N) is 2. The minimum absolute atomic E-state index is 0.314. The largest absolute Gasteiger partial charge is 0.297 e. The molecule has 0 spiro atoms. The summed E-state index contributed by atoms with van der Waals surface area (Å²) in [5.74, 6) is 0.